The maximum atomic E-state index is 12.3. The molecule has 0 aliphatic carbocycles. The molecule has 0 fully saturated rings. The number of benzene rings is 1. The first kappa shape index (κ1) is 16.0. The van der Waals surface area contributed by atoms with Gasteiger partial charge in [-0.05, 0) is 36.4 Å². The minimum Gasteiger partial charge on any atom is -0.423 e. The SMILES string of the molecule is Cn1cccc1C(=O)NNS(=O)(=O)c1ccc2oc(=O)ccc2c1. The highest BCUT2D eigenvalue weighted by atomic mass is 32.2. The lowest BCUT2D eigenvalue weighted by molar-refractivity contribution is 0.0937. The fourth-order valence-electron chi connectivity index (χ4n) is 2.15. The number of rotatable bonds is 4. The van der Waals surface area contributed by atoms with Crippen LogP contribution in [0.15, 0.2) is 62.8 Å². The molecule has 124 valence electrons. The molecule has 0 aliphatic rings. The highest BCUT2D eigenvalue weighted by Gasteiger charge is 2.17. The number of nitrogens with zero attached hydrogens (tertiary/aromatic N) is 1. The molecular formula is C15H13N3O5S. The van der Waals surface area contributed by atoms with Crippen molar-refractivity contribution in [2.75, 3.05) is 0 Å². The third-order valence-corrected chi connectivity index (χ3v) is 4.62. The van der Waals surface area contributed by atoms with Crippen molar-refractivity contribution in [2.24, 2.45) is 7.05 Å². The molecule has 0 aliphatic heterocycles. The van der Waals surface area contributed by atoms with Crippen LogP contribution < -0.4 is 15.9 Å². The van der Waals surface area contributed by atoms with Crippen molar-refractivity contribution >= 4 is 26.9 Å². The predicted molar refractivity (Wildman–Crippen MR) is 85.7 cm³/mol. The zero-order valence-corrected chi connectivity index (χ0v) is 13.3. The van der Waals surface area contributed by atoms with Crippen LogP contribution in [0.1, 0.15) is 10.5 Å². The van der Waals surface area contributed by atoms with Crippen LogP contribution >= 0.6 is 0 Å². The molecule has 0 saturated heterocycles. The quantitative estimate of drug-likeness (QED) is 0.535. The van der Waals surface area contributed by atoms with E-state index in [0.29, 0.717) is 11.1 Å². The predicted octanol–water partition coefficient (Wildman–Crippen LogP) is 0.755. The van der Waals surface area contributed by atoms with Crippen molar-refractivity contribution in [2.45, 2.75) is 4.90 Å². The topological polar surface area (TPSA) is 110 Å². The van der Waals surface area contributed by atoms with E-state index in [4.69, 9.17) is 4.42 Å². The van der Waals surface area contributed by atoms with Crippen LogP contribution in [0, 0.1) is 0 Å². The van der Waals surface area contributed by atoms with Crippen LogP contribution in [0.2, 0.25) is 0 Å². The number of carbonyl (C=O) groups excluding carboxylic acids is 1. The second-order valence-electron chi connectivity index (χ2n) is 5.02. The van der Waals surface area contributed by atoms with Gasteiger partial charge in [0, 0.05) is 24.7 Å². The first-order valence-electron chi connectivity index (χ1n) is 6.84. The normalized spacial score (nSPS) is 11.5. The van der Waals surface area contributed by atoms with Crippen LogP contribution in [0.3, 0.4) is 0 Å². The number of aromatic nitrogens is 1. The lowest BCUT2D eigenvalue weighted by Crippen LogP contribution is -2.42. The second kappa shape index (κ2) is 5.95. The molecular weight excluding hydrogens is 334 g/mol. The summed E-state index contributed by atoms with van der Waals surface area (Å²) in [5, 5.41) is 0.450. The van der Waals surface area contributed by atoms with E-state index in [9.17, 15) is 18.0 Å². The Morgan fingerprint density at radius 1 is 1.17 bits per heavy atom. The van der Waals surface area contributed by atoms with Crippen LogP contribution in [0.25, 0.3) is 11.0 Å². The Hall–Kier alpha value is -2.91. The van der Waals surface area contributed by atoms with Crippen LogP contribution in [0.5, 0.6) is 0 Å². The maximum absolute atomic E-state index is 12.3. The summed E-state index contributed by atoms with van der Waals surface area (Å²) in [7, 11) is -2.30. The summed E-state index contributed by atoms with van der Waals surface area (Å²) in [6.07, 6.45) is 1.67. The number of aryl methyl sites for hydroxylation is 1. The third kappa shape index (κ3) is 3.07. The van der Waals surface area contributed by atoms with Gasteiger partial charge in [-0.25, -0.2) is 13.2 Å². The maximum Gasteiger partial charge on any atom is 0.336 e. The van der Waals surface area contributed by atoms with Gasteiger partial charge in [-0.1, -0.05) is 0 Å². The summed E-state index contributed by atoms with van der Waals surface area (Å²) in [6, 6.07) is 9.89. The largest absolute Gasteiger partial charge is 0.423 e. The fraction of sp³-hybridized carbons (Fsp3) is 0.0667. The van der Waals surface area contributed by atoms with Crippen molar-refractivity contribution in [3.05, 3.63) is 64.8 Å². The molecule has 2 heterocycles. The molecule has 2 aromatic heterocycles. The smallest absolute Gasteiger partial charge is 0.336 e. The number of amides is 1. The van der Waals surface area contributed by atoms with Crippen molar-refractivity contribution in [1.82, 2.24) is 14.8 Å². The summed E-state index contributed by atoms with van der Waals surface area (Å²) < 4.78 is 31.1. The molecule has 0 spiro atoms. The summed E-state index contributed by atoms with van der Waals surface area (Å²) in [5.74, 6) is -0.585. The van der Waals surface area contributed by atoms with Gasteiger partial charge < -0.3 is 8.98 Å². The zero-order valence-electron chi connectivity index (χ0n) is 12.5. The number of hydrazine groups is 1. The van der Waals surface area contributed by atoms with E-state index in [1.54, 1.807) is 29.9 Å². The van der Waals surface area contributed by atoms with Crippen molar-refractivity contribution in [1.29, 1.82) is 0 Å². The number of nitrogens with one attached hydrogen (secondary N) is 2. The molecule has 24 heavy (non-hydrogen) atoms. The Morgan fingerprint density at radius 3 is 2.67 bits per heavy atom. The van der Waals surface area contributed by atoms with Crippen LogP contribution in [-0.2, 0) is 17.1 Å². The van der Waals surface area contributed by atoms with E-state index in [1.807, 2.05) is 4.83 Å². The Kier molecular flexibility index (Phi) is 3.96. The molecule has 0 atom stereocenters. The lowest BCUT2D eigenvalue weighted by atomic mass is 10.2. The molecule has 3 rings (SSSR count). The van der Waals surface area contributed by atoms with E-state index in [1.165, 1.54) is 30.3 Å². The Balaban J connectivity index is 1.83. The summed E-state index contributed by atoms with van der Waals surface area (Å²) in [5.41, 5.74) is 2.20. The first-order valence-corrected chi connectivity index (χ1v) is 8.32. The van der Waals surface area contributed by atoms with Gasteiger partial charge in [-0.3, -0.25) is 10.2 Å². The minimum absolute atomic E-state index is 0.0731. The summed E-state index contributed by atoms with van der Waals surface area (Å²) in [6.45, 7) is 0. The van der Waals surface area contributed by atoms with Crippen molar-refractivity contribution in [3.63, 3.8) is 0 Å². The molecule has 9 heteroatoms. The molecule has 1 aromatic carbocycles. The van der Waals surface area contributed by atoms with Crippen molar-refractivity contribution < 1.29 is 17.6 Å². The fourth-order valence-corrected chi connectivity index (χ4v) is 3.02. The number of hydrogen-bond acceptors (Lipinski definition) is 5. The van der Waals surface area contributed by atoms with Gasteiger partial charge in [0.05, 0.1) is 4.90 Å². The second-order valence-corrected chi connectivity index (χ2v) is 6.70. The summed E-state index contributed by atoms with van der Waals surface area (Å²) in [4.78, 5) is 25.0. The minimum atomic E-state index is -3.97. The van der Waals surface area contributed by atoms with Gasteiger partial charge in [0.15, 0.2) is 0 Å². The van der Waals surface area contributed by atoms with Gasteiger partial charge in [0.2, 0.25) is 0 Å². The van der Waals surface area contributed by atoms with Gasteiger partial charge in [0.1, 0.15) is 11.3 Å². The number of carbonyl (C=O) groups is 1. The van der Waals surface area contributed by atoms with E-state index in [-0.39, 0.29) is 10.5 Å². The lowest BCUT2D eigenvalue weighted by Gasteiger charge is -2.09. The highest BCUT2D eigenvalue weighted by molar-refractivity contribution is 7.89. The molecule has 2 N–H and O–H groups in total. The molecule has 0 saturated carbocycles. The van der Waals surface area contributed by atoms with E-state index >= 15 is 0 Å². The molecule has 0 bridgehead atoms. The van der Waals surface area contributed by atoms with Crippen molar-refractivity contribution in [3.8, 4) is 0 Å². The molecule has 0 unspecified atom stereocenters. The van der Waals surface area contributed by atoms with E-state index in [2.05, 4.69) is 5.43 Å². The van der Waals surface area contributed by atoms with Gasteiger partial charge in [0.25, 0.3) is 15.9 Å². The molecule has 1 amide bonds. The third-order valence-electron chi connectivity index (χ3n) is 3.38. The molecule has 3 aromatic rings. The average molecular weight is 347 g/mol. The van der Waals surface area contributed by atoms with Crippen LogP contribution in [0.4, 0.5) is 0 Å². The molecule has 8 nitrogen and oxygen atoms in total. The number of hydrogen-bond donors (Lipinski definition) is 2. The van der Waals surface area contributed by atoms with E-state index in [0.717, 1.165) is 0 Å². The van der Waals surface area contributed by atoms with Gasteiger partial charge in [-0.2, -0.15) is 0 Å². The Morgan fingerprint density at radius 2 is 1.96 bits per heavy atom. The average Bonchev–Trinajstić information content (AvgIpc) is 2.98. The Labute approximate surface area is 136 Å². The number of sulfonamides is 1. The zero-order chi connectivity index (χ0) is 17.3. The number of fused-ring (bicyclic) bond motifs is 1. The van der Waals surface area contributed by atoms with Gasteiger partial charge in [-0.15, -0.1) is 4.83 Å². The van der Waals surface area contributed by atoms with E-state index < -0.39 is 21.6 Å². The van der Waals surface area contributed by atoms with Gasteiger partial charge >= 0.3 is 5.63 Å². The summed E-state index contributed by atoms with van der Waals surface area (Å²) >= 11 is 0. The highest BCUT2D eigenvalue weighted by Crippen LogP contribution is 2.17. The Bertz CT molecular complexity index is 1080. The van der Waals surface area contributed by atoms with Crippen LogP contribution in [-0.4, -0.2) is 18.9 Å². The monoisotopic (exact) mass is 347 g/mol. The molecule has 0 radical (unpaired) electrons. The first-order chi connectivity index (χ1) is 11.4. The standard InChI is InChI=1S/C15H13N3O5S/c1-18-8-2-3-12(18)15(20)16-17-24(21,22)11-5-6-13-10(9-11)4-7-14(19)23-13/h2-9,17H,1H3,(H,16,20).